The van der Waals surface area contributed by atoms with Crippen molar-refractivity contribution >= 4 is 34.1 Å². The summed E-state index contributed by atoms with van der Waals surface area (Å²) in [7, 11) is 0. The molecule has 1 aliphatic heterocycles. The number of amides is 3. The zero-order valence-corrected chi connectivity index (χ0v) is 16.5. The average Bonchev–Trinajstić information content (AvgIpc) is 3.18. The molecule has 2 aliphatic rings. The van der Waals surface area contributed by atoms with E-state index in [4.69, 9.17) is 4.42 Å². The smallest absolute Gasteiger partial charge is 0.291 e. The number of aryl methyl sites for hydroxylation is 1. The lowest BCUT2D eigenvalue weighted by Gasteiger charge is -2.32. The fourth-order valence-corrected chi connectivity index (χ4v) is 4.44. The molecule has 1 saturated carbocycles. The van der Waals surface area contributed by atoms with Crippen molar-refractivity contribution in [1.29, 1.82) is 0 Å². The molecule has 148 valence electrons. The lowest BCUT2D eigenvalue weighted by atomic mass is 9.97. The van der Waals surface area contributed by atoms with Gasteiger partial charge in [0.25, 0.3) is 11.8 Å². The third kappa shape index (κ3) is 4.11. The van der Waals surface area contributed by atoms with Crippen molar-refractivity contribution in [2.24, 2.45) is 5.92 Å². The Morgan fingerprint density at radius 3 is 2.79 bits per heavy atom. The molecule has 0 aromatic carbocycles. The molecule has 1 aliphatic carbocycles. The van der Waals surface area contributed by atoms with Crippen molar-refractivity contribution in [2.75, 3.05) is 18.4 Å². The Balaban J connectivity index is 1.41. The number of nitrogens with zero attached hydrogens (tertiary/aromatic N) is 1. The standard InChI is InChI=1S/C20H23N3O4S/c1-12-10-16(22-19(25)15-5-3-9-27-15)28-17(12)20(26)23-8-2-4-13(11-23)18(24)21-14-6-7-14/h3,5,9-10,13-14H,2,4,6-8,11H2,1H3,(H,21,24)(H,22,25). The molecule has 1 saturated heterocycles. The SMILES string of the molecule is Cc1cc(NC(=O)c2ccco2)sc1C(=O)N1CCCC(C(=O)NC2CC2)C1. The number of thiophene rings is 1. The van der Waals surface area contributed by atoms with Crippen LogP contribution in [-0.2, 0) is 4.79 Å². The lowest BCUT2D eigenvalue weighted by Crippen LogP contribution is -2.45. The van der Waals surface area contributed by atoms with E-state index in [2.05, 4.69) is 10.6 Å². The summed E-state index contributed by atoms with van der Waals surface area (Å²) < 4.78 is 5.09. The molecule has 4 rings (SSSR count). The number of carbonyl (C=O) groups excluding carboxylic acids is 3. The first-order valence-electron chi connectivity index (χ1n) is 9.56. The zero-order valence-electron chi connectivity index (χ0n) is 15.7. The van der Waals surface area contributed by atoms with Crippen molar-refractivity contribution in [2.45, 2.75) is 38.6 Å². The fourth-order valence-electron chi connectivity index (χ4n) is 3.40. The van der Waals surface area contributed by atoms with Crippen LogP contribution < -0.4 is 10.6 Å². The van der Waals surface area contributed by atoms with Gasteiger partial charge in [0.15, 0.2) is 5.76 Å². The number of piperidine rings is 1. The summed E-state index contributed by atoms with van der Waals surface area (Å²) in [5.41, 5.74) is 0.814. The summed E-state index contributed by atoms with van der Waals surface area (Å²) in [4.78, 5) is 39.9. The third-order valence-electron chi connectivity index (χ3n) is 5.10. The van der Waals surface area contributed by atoms with Gasteiger partial charge in [0, 0.05) is 19.1 Å². The second-order valence-corrected chi connectivity index (χ2v) is 8.48. The van der Waals surface area contributed by atoms with Gasteiger partial charge >= 0.3 is 0 Å². The number of likely N-dealkylation sites (tertiary alicyclic amines) is 1. The minimum absolute atomic E-state index is 0.0642. The monoisotopic (exact) mass is 401 g/mol. The maximum absolute atomic E-state index is 13.0. The normalized spacial score (nSPS) is 19.3. The first kappa shape index (κ1) is 18.7. The third-order valence-corrected chi connectivity index (χ3v) is 6.24. The number of furan rings is 1. The van der Waals surface area contributed by atoms with Crippen LogP contribution in [0.5, 0.6) is 0 Å². The van der Waals surface area contributed by atoms with E-state index >= 15 is 0 Å². The van der Waals surface area contributed by atoms with Crippen molar-refractivity contribution < 1.29 is 18.8 Å². The quantitative estimate of drug-likeness (QED) is 0.806. The van der Waals surface area contributed by atoms with Crippen LogP contribution in [0.3, 0.4) is 0 Å². The average molecular weight is 401 g/mol. The number of rotatable bonds is 5. The highest BCUT2D eigenvalue weighted by Gasteiger charge is 2.33. The van der Waals surface area contributed by atoms with Gasteiger partial charge in [0.05, 0.1) is 22.1 Å². The van der Waals surface area contributed by atoms with Crippen molar-refractivity contribution in [1.82, 2.24) is 10.2 Å². The Kier molecular flexibility index (Phi) is 5.21. The molecule has 0 spiro atoms. The maximum atomic E-state index is 13.0. The predicted molar refractivity (Wildman–Crippen MR) is 106 cm³/mol. The first-order valence-corrected chi connectivity index (χ1v) is 10.4. The van der Waals surface area contributed by atoms with E-state index in [9.17, 15) is 14.4 Å². The van der Waals surface area contributed by atoms with Crippen LogP contribution in [0.1, 0.15) is 51.5 Å². The molecule has 2 aromatic heterocycles. The number of hydrogen-bond acceptors (Lipinski definition) is 5. The maximum Gasteiger partial charge on any atom is 0.291 e. The van der Waals surface area contributed by atoms with E-state index in [-0.39, 0.29) is 29.4 Å². The minimum Gasteiger partial charge on any atom is -0.459 e. The van der Waals surface area contributed by atoms with E-state index in [1.54, 1.807) is 23.1 Å². The molecule has 2 fully saturated rings. The van der Waals surface area contributed by atoms with Gasteiger partial charge in [-0.1, -0.05) is 0 Å². The summed E-state index contributed by atoms with van der Waals surface area (Å²) in [6.45, 7) is 2.95. The highest BCUT2D eigenvalue weighted by Crippen LogP contribution is 2.30. The predicted octanol–water partition coefficient (Wildman–Crippen LogP) is 3.03. The molecule has 0 radical (unpaired) electrons. The largest absolute Gasteiger partial charge is 0.459 e. The number of nitrogens with one attached hydrogen (secondary N) is 2. The van der Waals surface area contributed by atoms with Crippen molar-refractivity contribution in [3.8, 4) is 0 Å². The molecule has 7 nitrogen and oxygen atoms in total. The van der Waals surface area contributed by atoms with Gasteiger partial charge in [0.1, 0.15) is 0 Å². The second kappa shape index (κ2) is 7.79. The van der Waals surface area contributed by atoms with Gasteiger partial charge in [-0.25, -0.2) is 0 Å². The molecule has 2 N–H and O–H groups in total. The Morgan fingerprint density at radius 1 is 1.25 bits per heavy atom. The zero-order chi connectivity index (χ0) is 19.7. The van der Waals surface area contributed by atoms with E-state index < -0.39 is 0 Å². The first-order chi connectivity index (χ1) is 13.5. The van der Waals surface area contributed by atoms with Crippen molar-refractivity contribution in [3.05, 3.63) is 40.7 Å². The summed E-state index contributed by atoms with van der Waals surface area (Å²) in [6, 6.07) is 5.36. The van der Waals surface area contributed by atoms with Crippen LogP contribution in [-0.4, -0.2) is 41.8 Å². The van der Waals surface area contributed by atoms with Crippen molar-refractivity contribution in [3.63, 3.8) is 0 Å². The van der Waals surface area contributed by atoms with E-state index in [1.165, 1.54) is 17.6 Å². The fraction of sp³-hybridized carbons (Fsp3) is 0.450. The topological polar surface area (TPSA) is 91.7 Å². The number of carbonyl (C=O) groups is 3. The highest BCUT2D eigenvalue weighted by molar-refractivity contribution is 7.18. The lowest BCUT2D eigenvalue weighted by molar-refractivity contribution is -0.126. The van der Waals surface area contributed by atoms with E-state index in [1.807, 2.05) is 6.92 Å². The van der Waals surface area contributed by atoms with Crippen LogP contribution in [0.25, 0.3) is 0 Å². The summed E-state index contributed by atoms with van der Waals surface area (Å²) in [6.07, 6.45) is 5.19. The van der Waals surface area contributed by atoms with E-state index in [0.717, 1.165) is 31.2 Å². The van der Waals surface area contributed by atoms with Gasteiger partial charge < -0.3 is 20.0 Å². The molecular weight excluding hydrogens is 378 g/mol. The van der Waals surface area contributed by atoms with Crippen LogP contribution in [0.15, 0.2) is 28.9 Å². The molecule has 28 heavy (non-hydrogen) atoms. The molecule has 8 heteroatoms. The molecule has 0 bridgehead atoms. The minimum atomic E-state index is -0.347. The molecule has 2 aromatic rings. The van der Waals surface area contributed by atoms with Gasteiger partial charge in [-0.05, 0) is 56.4 Å². The Morgan fingerprint density at radius 2 is 2.07 bits per heavy atom. The summed E-state index contributed by atoms with van der Waals surface area (Å²) in [5.74, 6) is -0.282. The molecule has 3 amide bonds. The number of hydrogen-bond donors (Lipinski definition) is 2. The molecule has 1 unspecified atom stereocenters. The molecule has 3 heterocycles. The Bertz CT molecular complexity index is 885. The Hall–Kier alpha value is -2.61. The van der Waals surface area contributed by atoms with Crippen LogP contribution >= 0.6 is 11.3 Å². The van der Waals surface area contributed by atoms with Crippen LogP contribution in [0.4, 0.5) is 5.00 Å². The van der Waals surface area contributed by atoms with Crippen LogP contribution in [0.2, 0.25) is 0 Å². The summed E-state index contributed by atoms with van der Waals surface area (Å²) in [5, 5.41) is 6.41. The second-order valence-electron chi connectivity index (χ2n) is 7.43. The van der Waals surface area contributed by atoms with Crippen LogP contribution in [0, 0.1) is 12.8 Å². The molecular formula is C20H23N3O4S. The molecule has 1 atom stereocenters. The van der Waals surface area contributed by atoms with Gasteiger partial charge in [-0.15, -0.1) is 11.3 Å². The highest BCUT2D eigenvalue weighted by atomic mass is 32.1. The van der Waals surface area contributed by atoms with Gasteiger partial charge in [-0.2, -0.15) is 0 Å². The number of anilines is 1. The van der Waals surface area contributed by atoms with Gasteiger partial charge in [-0.3, -0.25) is 14.4 Å². The Labute approximate surface area is 167 Å². The van der Waals surface area contributed by atoms with E-state index in [0.29, 0.717) is 29.0 Å². The summed E-state index contributed by atoms with van der Waals surface area (Å²) >= 11 is 1.25. The van der Waals surface area contributed by atoms with Gasteiger partial charge in [0.2, 0.25) is 5.91 Å².